The lowest BCUT2D eigenvalue weighted by molar-refractivity contribution is -0.483. The number of hydrogen-bond donors (Lipinski definition) is 0. The van der Waals surface area contributed by atoms with Crippen molar-refractivity contribution in [3.05, 3.63) is 148 Å². The second-order valence-electron chi connectivity index (χ2n) is 8.91. The summed E-state index contributed by atoms with van der Waals surface area (Å²) in [5.74, 6) is -1.68. The molecule has 0 spiro atoms. The summed E-state index contributed by atoms with van der Waals surface area (Å²) in [5, 5.41) is 11.9. The normalized spacial score (nSPS) is 13.4. The van der Waals surface area contributed by atoms with E-state index < -0.39 is 33.3 Å². The lowest BCUT2D eigenvalue weighted by Crippen LogP contribution is -2.28. The van der Waals surface area contributed by atoms with Gasteiger partial charge >= 0.3 is 0 Å². The Hall–Kier alpha value is -4.30. The molecule has 4 aromatic carbocycles. The van der Waals surface area contributed by atoms with Gasteiger partial charge in [-0.3, -0.25) is 10.1 Å². The summed E-state index contributed by atoms with van der Waals surface area (Å²) in [6, 6.07) is 33.7. The van der Waals surface area contributed by atoms with E-state index in [-0.39, 0.29) is 17.4 Å². The SMILES string of the molecule is Cc1ccc(S(=O)(=O)/N=C(\OCc2ccccc2)[C@H](c2ccccc2)[C@H](C[N+](=O)[O-])c2ccccc2)cc1. The van der Waals surface area contributed by atoms with Crippen LogP contribution in [0.15, 0.2) is 125 Å². The van der Waals surface area contributed by atoms with Crippen molar-refractivity contribution in [2.75, 3.05) is 6.54 Å². The zero-order valence-corrected chi connectivity index (χ0v) is 21.7. The average molecular weight is 529 g/mol. The summed E-state index contributed by atoms with van der Waals surface area (Å²) in [7, 11) is -4.18. The first-order chi connectivity index (χ1) is 18.3. The molecule has 0 radical (unpaired) electrons. The van der Waals surface area contributed by atoms with Crippen LogP contribution in [0.2, 0.25) is 0 Å². The van der Waals surface area contributed by atoms with Crippen molar-refractivity contribution in [3.63, 3.8) is 0 Å². The number of aryl methyl sites for hydroxylation is 1. The molecule has 8 heteroatoms. The van der Waals surface area contributed by atoms with Crippen molar-refractivity contribution in [2.24, 2.45) is 4.40 Å². The molecule has 0 saturated carbocycles. The van der Waals surface area contributed by atoms with E-state index in [9.17, 15) is 18.5 Å². The number of nitro groups is 1. The summed E-state index contributed by atoms with van der Waals surface area (Å²) < 4.78 is 37.3. The van der Waals surface area contributed by atoms with Crippen LogP contribution in [-0.4, -0.2) is 25.8 Å². The van der Waals surface area contributed by atoms with E-state index in [1.54, 1.807) is 60.7 Å². The van der Waals surface area contributed by atoms with Crippen molar-refractivity contribution in [1.82, 2.24) is 0 Å². The van der Waals surface area contributed by atoms with Gasteiger partial charge in [0, 0.05) is 4.92 Å². The van der Waals surface area contributed by atoms with Gasteiger partial charge in [-0.2, -0.15) is 8.42 Å². The van der Waals surface area contributed by atoms with Crippen LogP contribution >= 0.6 is 0 Å². The van der Waals surface area contributed by atoms with Crippen molar-refractivity contribution in [3.8, 4) is 0 Å². The number of sulfonamides is 1. The Bertz CT molecular complexity index is 1470. The zero-order chi connectivity index (χ0) is 27.0. The third-order valence-electron chi connectivity index (χ3n) is 6.16. The first-order valence-corrected chi connectivity index (χ1v) is 13.6. The minimum Gasteiger partial charge on any atom is -0.475 e. The molecule has 7 nitrogen and oxygen atoms in total. The van der Waals surface area contributed by atoms with E-state index in [4.69, 9.17) is 4.74 Å². The molecule has 0 saturated heterocycles. The number of rotatable bonds is 10. The van der Waals surface area contributed by atoms with Crippen LogP contribution in [0.3, 0.4) is 0 Å². The fourth-order valence-electron chi connectivity index (χ4n) is 4.26. The summed E-state index contributed by atoms with van der Waals surface area (Å²) in [6.45, 7) is 1.47. The van der Waals surface area contributed by atoms with Crippen LogP contribution in [0.1, 0.15) is 34.1 Å². The van der Waals surface area contributed by atoms with Gasteiger partial charge in [0.15, 0.2) is 0 Å². The van der Waals surface area contributed by atoms with Gasteiger partial charge in [-0.1, -0.05) is 109 Å². The quantitative estimate of drug-likeness (QED) is 0.106. The average Bonchev–Trinajstić information content (AvgIpc) is 2.93. The standard InChI is InChI=1S/C30H28N2O5S/c1-23-17-19-27(20-18-23)38(35,36)31-30(37-22-24-11-5-2-6-12-24)29(26-15-9-4-10-16-26)28(21-32(33)34)25-13-7-3-8-14-25/h2-20,28-29H,21-22H2,1H3/b31-30-/t28-,29-/m1/s1. The van der Waals surface area contributed by atoms with E-state index in [0.29, 0.717) is 11.1 Å². The van der Waals surface area contributed by atoms with Gasteiger partial charge in [-0.15, -0.1) is 4.40 Å². The largest absolute Gasteiger partial charge is 0.475 e. The van der Waals surface area contributed by atoms with E-state index in [0.717, 1.165) is 11.1 Å². The number of nitrogens with zero attached hydrogens (tertiary/aromatic N) is 2. The van der Waals surface area contributed by atoms with Gasteiger partial charge < -0.3 is 4.74 Å². The fraction of sp³-hybridized carbons (Fsp3) is 0.167. The predicted octanol–water partition coefficient (Wildman–Crippen LogP) is 6.14. The van der Waals surface area contributed by atoms with E-state index in [1.807, 2.05) is 49.4 Å². The molecule has 0 N–H and O–H groups in total. The Labute approximate surface area is 222 Å². The lowest BCUT2D eigenvalue weighted by atomic mass is 9.81. The van der Waals surface area contributed by atoms with Crippen molar-refractivity contribution in [1.29, 1.82) is 0 Å². The van der Waals surface area contributed by atoms with Crippen molar-refractivity contribution in [2.45, 2.75) is 30.3 Å². The van der Waals surface area contributed by atoms with Crippen LogP contribution in [0, 0.1) is 17.0 Å². The fourth-order valence-corrected chi connectivity index (χ4v) is 5.25. The van der Waals surface area contributed by atoms with Gasteiger partial charge in [-0.25, -0.2) is 0 Å². The Kier molecular flexibility index (Phi) is 8.66. The molecule has 0 aliphatic heterocycles. The summed E-state index contributed by atoms with van der Waals surface area (Å²) in [4.78, 5) is 11.5. The number of hydrogen-bond acceptors (Lipinski definition) is 5. The second-order valence-corrected chi connectivity index (χ2v) is 10.5. The molecule has 0 fully saturated rings. The van der Waals surface area contributed by atoms with Crippen LogP contribution in [0.4, 0.5) is 0 Å². The van der Waals surface area contributed by atoms with Crippen LogP contribution < -0.4 is 0 Å². The molecule has 0 heterocycles. The highest BCUT2D eigenvalue weighted by atomic mass is 32.2. The molecule has 4 aromatic rings. The molecule has 0 aromatic heterocycles. The summed E-state index contributed by atoms with van der Waals surface area (Å²) in [6.07, 6.45) is 0. The zero-order valence-electron chi connectivity index (χ0n) is 20.9. The number of benzene rings is 4. The minimum absolute atomic E-state index is 0.0151. The first kappa shape index (κ1) is 26.8. The summed E-state index contributed by atoms with van der Waals surface area (Å²) >= 11 is 0. The summed E-state index contributed by atoms with van der Waals surface area (Å²) in [5.41, 5.74) is 3.06. The Morgan fingerprint density at radius 2 is 1.34 bits per heavy atom. The Morgan fingerprint density at radius 1 is 0.816 bits per heavy atom. The maximum absolute atomic E-state index is 13.5. The molecule has 0 unspecified atom stereocenters. The third-order valence-corrected chi connectivity index (χ3v) is 7.45. The lowest BCUT2D eigenvalue weighted by Gasteiger charge is -2.26. The molecule has 0 bridgehead atoms. The van der Waals surface area contributed by atoms with Crippen molar-refractivity contribution < 1.29 is 18.1 Å². The molecule has 194 valence electrons. The molecule has 38 heavy (non-hydrogen) atoms. The van der Waals surface area contributed by atoms with Crippen LogP contribution in [0.25, 0.3) is 0 Å². The van der Waals surface area contributed by atoms with E-state index >= 15 is 0 Å². The molecule has 4 rings (SSSR count). The topological polar surface area (TPSA) is 98.9 Å². The van der Waals surface area contributed by atoms with Gasteiger partial charge in [0.25, 0.3) is 10.0 Å². The maximum Gasteiger partial charge on any atom is 0.285 e. The van der Waals surface area contributed by atoms with Gasteiger partial charge in [0.1, 0.15) is 6.61 Å². The van der Waals surface area contributed by atoms with Gasteiger partial charge in [0.05, 0.1) is 16.7 Å². The highest BCUT2D eigenvalue weighted by Crippen LogP contribution is 2.36. The molecular weight excluding hydrogens is 500 g/mol. The van der Waals surface area contributed by atoms with E-state index in [2.05, 4.69) is 4.40 Å². The van der Waals surface area contributed by atoms with Gasteiger partial charge in [0.2, 0.25) is 12.4 Å². The first-order valence-electron chi connectivity index (χ1n) is 12.1. The Morgan fingerprint density at radius 3 is 1.89 bits per heavy atom. The van der Waals surface area contributed by atoms with Gasteiger partial charge in [-0.05, 0) is 35.7 Å². The molecule has 0 aliphatic rings. The third kappa shape index (κ3) is 6.92. The highest BCUT2D eigenvalue weighted by Gasteiger charge is 2.36. The minimum atomic E-state index is -4.18. The Balaban J connectivity index is 1.89. The molecule has 0 aliphatic carbocycles. The molecule has 2 atom stereocenters. The smallest absolute Gasteiger partial charge is 0.285 e. The molecule has 0 amide bonds. The van der Waals surface area contributed by atoms with E-state index in [1.165, 1.54) is 12.1 Å². The highest BCUT2D eigenvalue weighted by molar-refractivity contribution is 7.90. The van der Waals surface area contributed by atoms with Crippen LogP contribution in [0.5, 0.6) is 0 Å². The monoisotopic (exact) mass is 528 g/mol. The maximum atomic E-state index is 13.5. The predicted molar refractivity (Wildman–Crippen MR) is 147 cm³/mol. The van der Waals surface area contributed by atoms with Crippen LogP contribution in [-0.2, 0) is 21.4 Å². The number of ether oxygens (including phenoxy) is 1. The molecular formula is C30H28N2O5S. The second kappa shape index (κ2) is 12.3. The van der Waals surface area contributed by atoms with Crippen molar-refractivity contribution >= 4 is 15.9 Å².